The van der Waals surface area contributed by atoms with E-state index < -0.39 is 0 Å². The third-order valence-corrected chi connectivity index (χ3v) is 4.62. The number of carbonyl (C=O) groups excluding carboxylic acids is 2. The molecule has 134 valence electrons. The number of ether oxygens (including phenoxy) is 2. The smallest absolute Gasteiger partial charge is 0.311 e. The zero-order chi connectivity index (χ0) is 17.8. The van der Waals surface area contributed by atoms with Crippen LogP contribution in [0.1, 0.15) is 43.2 Å². The molecule has 2 atom stereocenters. The maximum atomic E-state index is 12.6. The van der Waals surface area contributed by atoms with E-state index in [0.29, 0.717) is 17.9 Å². The van der Waals surface area contributed by atoms with Gasteiger partial charge in [-0.3, -0.25) is 9.59 Å². The first-order valence-electron chi connectivity index (χ1n) is 8.67. The van der Waals surface area contributed by atoms with Gasteiger partial charge in [0.2, 0.25) is 0 Å². The van der Waals surface area contributed by atoms with E-state index in [-0.39, 0.29) is 29.6 Å². The number of nitrogens with one attached hydrogen (secondary N) is 1. The van der Waals surface area contributed by atoms with Crippen molar-refractivity contribution in [3.63, 3.8) is 0 Å². The molecule has 1 saturated carbocycles. The van der Waals surface area contributed by atoms with Gasteiger partial charge in [-0.15, -0.1) is 0 Å². The van der Waals surface area contributed by atoms with Gasteiger partial charge in [0.05, 0.1) is 19.6 Å². The Bertz CT molecular complexity index is 766. The molecule has 0 radical (unpaired) electrons. The minimum atomic E-state index is -0.309. The van der Waals surface area contributed by atoms with Crippen molar-refractivity contribution in [1.82, 2.24) is 5.32 Å². The third kappa shape index (κ3) is 3.78. The van der Waals surface area contributed by atoms with E-state index in [1.165, 1.54) is 0 Å². The van der Waals surface area contributed by atoms with Gasteiger partial charge in [-0.25, -0.2) is 0 Å². The molecule has 6 nitrogen and oxygen atoms in total. The molecule has 2 aromatic rings. The molecule has 25 heavy (non-hydrogen) atoms. The molecule has 0 aliphatic heterocycles. The Morgan fingerprint density at radius 3 is 2.80 bits per heavy atom. The van der Waals surface area contributed by atoms with Crippen molar-refractivity contribution in [3.05, 3.63) is 30.0 Å². The fourth-order valence-electron chi connectivity index (χ4n) is 3.32. The minimum Gasteiger partial charge on any atom is -0.497 e. The highest BCUT2D eigenvalue weighted by Crippen LogP contribution is 2.27. The zero-order valence-electron chi connectivity index (χ0n) is 14.5. The first kappa shape index (κ1) is 17.3. The number of esters is 1. The van der Waals surface area contributed by atoms with Crippen molar-refractivity contribution < 1.29 is 23.5 Å². The van der Waals surface area contributed by atoms with Gasteiger partial charge in [0.15, 0.2) is 5.76 Å². The molecule has 1 aromatic heterocycles. The van der Waals surface area contributed by atoms with Crippen molar-refractivity contribution in [3.8, 4) is 5.75 Å². The molecule has 1 fully saturated rings. The highest BCUT2D eigenvalue weighted by molar-refractivity contribution is 5.96. The van der Waals surface area contributed by atoms with E-state index in [1.54, 1.807) is 26.2 Å². The Morgan fingerprint density at radius 2 is 2.04 bits per heavy atom. The van der Waals surface area contributed by atoms with Gasteiger partial charge >= 0.3 is 5.97 Å². The molecule has 3 rings (SSSR count). The summed E-state index contributed by atoms with van der Waals surface area (Å²) in [5.41, 5.74) is 0.593. The molecule has 1 amide bonds. The maximum absolute atomic E-state index is 12.6. The van der Waals surface area contributed by atoms with Crippen LogP contribution in [0.15, 0.2) is 28.7 Å². The average molecular weight is 345 g/mol. The number of fused-ring (bicyclic) bond motifs is 1. The lowest BCUT2D eigenvalue weighted by atomic mass is 9.84. The summed E-state index contributed by atoms with van der Waals surface area (Å²) < 4.78 is 16.0. The highest BCUT2D eigenvalue weighted by Gasteiger charge is 2.33. The van der Waals surface area contributed by atoms with Crippen LogP contribution in [0.2, 0.25) is 0 Å². The van der Waals surface area contributed by atoms with Gasteiger partial charge in [-0.2, -0.15) is 0 Å². The Kier molecular flexibility index (Phi) is 5.26. The van der Waals surface area contributed by atoms with Gasteiger partial charge in [0, 0.05) is 17.5 Å². The van der Waals surface area contributed by atoms with E-state index in [1.807, 2.05) is 12.1 Å². The number of benzene rings is 1. The van der Waals surface area contributed by atoms with Crippen LogP contribution in [0.3, 0.4) is 0 Å². The second kappa shape index (κ2) is 7.59. The molecule has 1 N–H and O–H groups in total. The van der Waals surface area contributed by atoms with Crippen molar-refractivity contribution >= 4 is 22.8 Å². The van der Waals surface area contributed by atoms with Crippen molar-refractivity contribution in [2.45, 2.75) is 38.6 Å². The first-order chi connectivity index (χ1) is 12.1. The third-order valence-electron chi connectivity index (χ3n) is 4.62. The predicted molar refractivity (Wildman–Crippen MR) is 92.6 cm³/mol. The molecule has 1 heterocycles. The number of hydrogen-bond donors (Lipinski definition) is 1. The predicted octanol–water partition coefficient (Wildman–Crippen LogP) is 3.29. The molecule has 6 heteroatoms. The lowest BCUT2D eigenvalue weighted by molar-refractivity contribution is -0.150. The zero-order valence-corrected chi connectivity index (χ0v) is 14.5. The van der Waals surface area contributed by atoms with Gasteiger partial charge in [0.1, 0.15) is 11.3 Å². The van der Waals surface area contributed by atoms with E-state index in [0.717, 1.165) is 31.1 Å². The van der Waals surface area contributed by atoms with Crippen LogP contribution in [0.4, 0.5) is 0 Å². The summed E-state index contributed by atoms with van der Waals surface area (Å²) in [5.74, 6) is 0.0697. The topological polar surface area (TPSA) is 77.8 Å². The van der Waals surface area contributed by atoms with Crippen LogP contribution in [0.5, 0.6) is 5.75 Å². The summed E-state index contributed by atoms with van der Waals surface area (Å²) in [6.45, 7) is 2.14. The van der Waals surface area contributed by atoms with E-state index in [9.17, 15) is 9.59 Å². The number of furan rings is 1. The maximum Gasteiger partial charge on any atom is 0.311 e. The molecule has 0 unspecified atom stereocenters. The molecular weight excluding hydrogens is 322 g/mol. The normalized spacial score (nSPS) is 20.2. The monoisotopic (exact) mass is 345 g/mol. The molecule has 0 spiro atoms. The average Bonchev–Trinajstić information content (AvgIpc) is 3.05. The molecule has 0 saturated heterocycles. The first-order valence-corrected chi connectivity index (χ1v) is 8.67. The molecule has 1 aliphatic carbocycles. The molecule has 1 aromatic carbocycles. The SMILES string of the molecule is CCOC(=O)[C@@H]1CCCC[C@H]1NC(=O)c1cc2ccc(OC)cc2o1. The fourth-order valence-corrected chi connectivity index (χ4v) is 3.32. The van der Waals surface area contributed by atoms with Crippen LogP contribution >= 0.6 is 0 Å². The largest absolute Gasteiger partial charge is 0.497 e. The lowest BCUT2D eigenvalue weighted by Crippen LogP contribution is -2.45. The van der Waals surface area contributed by atoms with E-state index >= 15 is 0 Å². The Labute approximate surface area is 146 Å². The lowest BCUT2D eigenvalue weighted by Gasteiger charge is -2.30. The summed E-state index contributed by atoms with van der Waals surface area (Å²) in [7, 11) is 1.58. The molecular formula is C19H23NO5. The van der Waals surface area contributed by atoms with Crippen molar-refractivity contribution in [2.24, 2.45) is 5.92 Å². The molecule has 1 aliphatic rings. The van der Waals surface area contributed by atoms with Crippen LogP contribution < -0.4 is 10.1 Å². The fraction of sp³-hybridized carbons (Fsp3) is 0.474. The van der Waals surface area contributed by atoms with E-state index in [2.05, 4.69) is 5.32 Å². The summed E-state index contributed by atoms with van der Waals surface area (Å²) in [4.78, 5) is 24.7. The summed E-state index contributed by atoms with van der Waals surface area (Å²) in [6.07, 6.45) is 3.46. The van der Waals surface area contributed by atoms with Crippen LogP contribution in [-0.2, 0) is 9.53 Å². The quantitative estimate of drug-likeness (QED) is 0.841. The van der Waals surface area contributed by atoms with Gasteiger partial charge in [0.25, 0.3) is 5.91 Å². The number of methoxy groups -OCH3 is 1. The number of carbonyl (C=O) groups is 2. The van der Waals surface area contributed by atoms with Crippen LogP contribution in [-0.4, -0.2) is 31.6 Å². The van der Waals surface area contributed by atoms with Crippen molar-refractivity contribution in [1.29, 1.82) is 0 Å². The number of rotatable bonds is 5. The van der Waals surface area contributed by atoms with Crippen LogP contribution in [0.25, 0.3) is 11.0 Å². The molecule has 0 bridgehead atoms. The number of amides is 1. The highest BCUT2D eigenvalue weighted by atomic mass is 16.5. The Balaban J connectivity index is 1.75. The number of hydrogen-bond acceptors (Lipinski definition) is 5. The van der Waals surface area contributed by atoms with Gasteiger partial charge in [-0.05, 0) is 38.0 Å². The summed E-state index contributed by atoms with van der Waals surface area (Å²) >= 11 is 0. The second-order valence-electron chi connectivity index (χ2n) is 6.24. The van der Waals surface area contributed by atoms with Crippen LogP contribution in [0, 0.1) is 5.92 Å². The minimum absolute atomic E-state index is 0.219. The second-order valence-corrected chi connectivity index (χ2v) is 6.24. The Hall–Kier alpha value is -2.50. The standard InChI is InChI=1S/C19H23NO5/c1-3-24-19(22)14-6-4-5-7-15(14)20-18(21)17-10-12-8-9-13(23-2)11-16(12)25-17/h8-11,14-15H,3-7H2,1-2H3,(H,20,21)/t14-,15-/m1/s1. The van der Waals surface area contributed by atoms with Gasteiger partial charge < -0.3 is 19.2 Å². The van der Waals surface area contributed by atoms with Gasteiger partial charge in [-0.1, -0.05) is 12.8 Å². The van der Waals surface area contributed by atoms with Crippen molar-refractivity contribution in [2.75, 3.05) is 13.7 Å². The summed E-state index contributed by atoms with van der Waals surface area (Å²) in [6, 6.07) is 6.89. The van der Waals surface area contributed by atoms with E-state index in [4.69, 9.17) is 13.9 Å². The summed E-state index contributed by atoms with van der Waals surface area (Å²) in [5, 5.41) is 3.78. The Morgan fingerprint density at radius 1 is 1.24 bits per heavy atom.